The fraction of sp³-hybridized carbons (Fsp3) is 0.263. The van der Waals surface area contributed by atoms with Crippen LogP contribution in [0.1, 0.15) is 22.2 Å². The summed E-state index contributed by atoms with van der Waals surface area (Å²) in [5, 5.41) is 10.9. The zero-order valence-corrected chi connectivity index (χ0v) is 18.1. The number of nitrogens with one attached hydrogen (secondary N) is 1. The van der Waals surface area contributed by atoms with Gasteiger partial charge in [-0.25, -0.2) is 19.2 Å². The molecule has 6 N–H and O–H groups in total. The predicted octanol–water partition coefficient (Wildman–Crippen LogP) is 3.34. The number of fused-ring (bicyclic) bond motifs is 1. The number of thiophene rings is 1. The van der Waals surface area contributed by atoms with Crippen molar-refractivity contribution in [1.82, 2.24) is 9.97 Å². The molecule has 2 aromatic heterocycles. The van der Waals surface area contributed by atoms with E-state index in [2.05, 4.69) is 15.3 Å². The van der Waals surface area contributed by atoms with Gasteiger partial charge in [0.05, 0.1) is 16.0 Å². The summed E-state index contributed by atoms with van der Waals surface area (Å²) in [5.41, 5.74) is 12.2. The summed E-state index contributed by atoms with van der Waals surface area (Å²) in [6.45, 7) is 3.87. The molecule has 14 heteroatoms. The number of amides is 1. The van der Waals surface area contributed by atoms with E-state index in [1.54, 1.807) is 19.9 Å². The van der Waals surface area contributed by atoms with E-state index >= 15 is 0 Å². The Balaban J connectivity index is 0.000000479. The van der Waals surface area contributed by atoms with E-state index in [0.29, 0.717) is 44.5 Å². The molecule has 3 rings (SSSR count). The molecule has 0 radical (unpaired) electrons. The molecule has 3 aromatic rings. The summed E-state index contributed by atoms with van der Waals surface area (Å²) < 4.78 is 51.1. The van der Waals surface area contributed by atoms with Gasteiger partial charge >= 0.3 is 12.1 Å². The first-order chi connectivity index (χ1) is 15.3. The Morgan fingerprint density at radius 3 is 2.48 bits per heavy atom. The van der Waals surface area contributed by atoms with E-state index in [4.69, 9.17) is 26.1 Å². The zero-order valence-electron chi connectivity index (χ0n) is 17.2. The number of ether oxygens (including phenoxy) is 1. The van der Waals surface area contributed by atoms with Gasteiger partial charge in [0.15, 0.2) is 0 Å². The number of rotatable bonds is 6. The van der Waals surface area contributed by atoms with Crippen molar-refractivity contribution in [2.24, 2.45) is 11.5 Å². The molecule has 1 atom stereocenters. The van der Waals surface area contributed by atoms with E-state index in [9.17, 15) is 22.4 Å². The second-order valence-electron chi connectivity index (χ2n) is 6.56. The average Bonchev–Trinajstić information content (AvgIpc) is 3.07. The van der Waals surface area contributed by atoms with Crippen molar-refractivity contribution in [3.8, 4) is 5.75 Å². The number of carbonyl (C=O) groups is 2. The summed E-state index contributed by atoms with van der Waals surface area (Å²) in [7, 11) is 0. The minimum Gasteiger partial charge on any atom is -0.487 e. The lowest BCUT2D eigenvalue weighted by molar-refractivity contribution is -0.192. The zero-order chi connectivity index (χ0) is 24.9. The minimum absolute atomic E-state index is 0.285. The van der Waals surface area contributed by atoms with Gasteiger partial charge in [-0.15, -0.1) is 11.3 Å². The molecule has 178 valence electrons. The third kappa shape index (κ3) is 6.49. The van der Waals surface area contributed by atoms with Gasteiger partial charge in [0.2, 0.25) is 0 Å². The first-order valence-corrected chi connectivity index (χ1v) is 9.94. The smallest absolute Gasteiger partial charge is 0.487 e. The largest absolute Gasteiger partial charge is 0.490 e. The monoisotopic (exact) mass is 489 g/mol. The number of nitrogens with zero attached hydrogens (tertiary/aromatic N) is 2. The van der Waals surface area contributed by atoms with Crippen molar-refractivity contribution in [1.29, 1.82) is 0 Å². The van der Waals surface area contributed by atoms with Crippen LogP contribution in [-0.2, 0) is 4.79 Å². The number of benzene rings is 1. The molecule has 9 nitrogen and oxygen atoms in total. The summed E-state index contributed by atoms with van der Waals surface area (Å²) in [4.78, 5) is 30.0. The van der Waals surface area contributed by atoms with Crippen LogP contribution in [0, 0.1) is 12.7 Å². The quantitative estimate of drug-likeness (QED) is 0.385. The number of anilines is 2. The lowest BCUT2D eigenvalue weighted by atomic mass is 10.2. The third-order valence-corrected chi connectivity index (χ3v) is 5.26. The molecule has 0 aliphatic carbocycles. The topological polar surface area (TPSA) is 153 Å². The molecule has 2 heterocycles. The van der Waals surface area contributed by atoms with Crippen LogP contribution in [0.2, 0.25) is 0 Å². The number of aliphatic carboxylic acids is 1. The number of nitrogens with two attached hydrogens (primary N) is 2. The number of carboxylic acid groups (broad SMARTS) is 1. The molecule has 0 aliphatic heterocycles. The van der Waals surface area contributed by atoms with Crippen molar-refractivity contribution >= 4 is 44.9 Å². The number of hydrogen-bond donors (Lipinski definition) is 4. The first kappa shape index (κ1) is 25.7. The Hall–Kier alpha value is -3.52. The highest BCUT2D eigenvalue weighted by molar-refractivity contribution is 7.20. The Kier molecular flexibility index (Phi) is 8.11. The Morgan fingerprint density at radius 1 is 1.30 bits per heavy atom. The highest BCUT2D eigenvalue weighted by Crippen LogP contribution is 2.36. The average molecular weight is 489 g/mol. The number of aryl methyl sites for hydroxylation is 1. The molecule has 0 saturated heterocycles. The van der Waals surface area contributed by atoms with Crippen LogP contribution in [-0.4, -0.2) is 45.8 Å². The van der Waals surface area contributed by atoms with Crippen molar-refractivity contribution < 1.29 is 37.0 Å². The van der Waals surface area contributed by atoms with E-state index in [-0.39, 0.29) is 6.10 Å². The highest BCUT2D eigenvalue weighted by atomic mass is 32.1. The van der Waals surface area contributed by atoms with Gasteiger partial charge in [-0.05, 0) is 31.5 Å². The molecular weight excluding hydrogens is 470 g/mol. The molecule has 33 heavy (non-hydrogen) atoms. The standard InChI is InChI=1S/C17H18FN5O2S.C2HF3O2/c1-8(6-19)25-12-5-10(18)3-4-11(12)23-16-13-9(2)14(15(20)24)26-17(13)22-7-21-16;3-2(4,5)1(6)7/h3-5,7-8H,6,19H2,1-2H3,(H2,20,24)(H,21,22,23);(H,6,7)/t8-;/m0./s1. The predicted molar refractivity (Wildman–Crippen MR) is 113 cm³/mol. The Labute approximate surface area is 188 Å². The van der Waals surface area contributed by atoms with Gasteiger partial charge in [-0.1, -0.05) is 0 Å². The molecule has 0 fully saturated rings. The first-order valence-electron chi connectivity index (χ1n) is 9.12. The van der Waals surface area contributed by atoms with Gasteiger partial charge in [0.1, 0.15) is 34.6 Å². The van der Waals surface area contributed by atoms with Gasteiger partial charge in [-0.2, -0.15) is 13.2 Å². The van der Waals surface area contributed by atoms with Crippen LogP contribution in [0.5, 0.6) is 5.75 Å². The van der Waals surface area contributed by atoms with Crippen LogP contribution in [0.15, 0.2) is 24.5 Å². The SMILES string of the molecule is Cc1c(C(N)=O)sc2ncnc(Nc3ccc(F)cc3O[C@@H](C)CN)c12.O=C(O)C(F)(F)F. The number of halogens is 4. The number of carbonyl (C=O) groups excluding carboxylic acids is 1. The Bertz CT molecular complexity index is 1170. The van der Waals surface area contributed by atoms with Crippen molar-refractivity contribution in [3.05, 3.63) is 40.8 Å². The number of primary amides is 1. The second kappa shape index (κ2) is 10.4. The van der Waals surface area contributed by atoms with E-state index in [1.807, 2.05) is 0 Å². The fourth-order valence-electron chi connectivity index (χ4n) is 2.49. The lowest BCUT2D eigenvalue weighted by Gasteiger charge is -2.17. The Morgan fingerprint density at radius 2 is 1.94 bits per heavy atom. The van der Waals surface area contributed by atoms with Crippen molar-refractivity contribution in [2.45, 2.75) is 26.1 Å². The van der Waals surface area contributed by atoms with Gasteiger partial charge < -0.3 is 26.6 Å². The maximum absolute atomic E-state index is 13.6. The van der Waals surface area contributed by atoms with Crippen LogP contribution < -0.4 is 21.5 Å². The van der Waals surface area contributed by atoms with E-state index in [0.717, 1.165) is 0 Å². The fourth-order valence-corrected chi connectivity index (χ4v) is 3.49. The molecule has 1 amide bonds. The third-order valence-electron chi connectivity index (χ3n) is 4.05. The number of carboxylic acids is 1. The van der Waals surface area contributed by atoms with Crippen molar-refractivity contribution in [2.75, 3.05) is 11.9 Å². The maximum atomic E-state index is 13.6. The van der Waals surface area contributed by atoms with Crippen LogP contribution in [0.4, 0.5) is 29.1 Å². The van der Waals surface area contributed by atoms with Crippen LogP contribution in [0.3, 0.4) is 0 Å². The van der Waals surface area contributed by atoms with Crippen LogP contribution >= 0.6 is 11.3 Å². The summed E-state index contributed by atoms with van der Waals surface area (Å²) in [6, 6.07) is 4.15. The molecule has 0 spiro atoms. The van der Waals surface area contributed by atoms with Crippen LogP contribution in [0.25, 0.3) is 10.2 Å². The minimum atomic E-state index is -5.08. The number of aromatic nitrogens is 2. The molecule has 1 aromatic carbocycles. The van der Waals surface area contributed by atoms with Gasteiger partial charge in [-0.3, -0.25) is 4.79 Å². The normalized spacial score (nSPS) is 12.0. The van der Waals surface area contributed by atoms with Crippen molar-refractivity contribution in [3.63, 3.8) is 0 Å². The van der Waals surface area contributed by atoms with E-state index < -0.39 is 23.9 Å². The molecule has 0 unspecified atom stereocenters. The molecule has 0 bridgehead atoms. The van der Waals surface area contributed by atoms with Gasteiger partial charge in [0, 0.05) is 12.6 Å². The second-order valence-corrected chi connectivity index (χ2v) is 7.55. The summed E-state index contributed by atoms with van der Waals surface area (Å²) in [5.74, 6) is -2.90. The maximum Gasteiger partial charge on any atom is 0.490 e. The number of alkyl halides is 3. The molecular formula is C19H19F4N5O4S. The van der Waals surface area contributed by atoms with Gasteiger partial charge in [0.25, 0.3) is 5.91 Å². The summed E-state index contributed by atoms with van der Waals surface area (Å²) >= 11 is 1.20. The summed E-state index contributed by atoms with van der Waals surface area (Å²) in [6.07, 6.45) is -3.98. The highest BCUT2D eigenvalue weighted by Gasteiger charge is 2.38. The molecule has 0 aliphatic rings. The molecule has 0 saturated carbocycles. The lowest BCUT2D eigenvalue weighted by Crippen LogP contribution is -2.23. The van der Waals surface area contributed by atoms with E-state index in [1.165, 1.54) is 29.8 Å². The number of hydrogen-bond acceptors (Lipinski definition) is 8.